The smallest absolute Gasteiger partial charge is 0.241 e. The fraction of sp³-hybridized carbons (Fsp3) is 0.571. The molecule has 1 aromatic carbocycles. The van der Waals surface area contributed by atoms with Crippen LogP contribution < -0.4 is 10.5 Å². The Morgan fingerprint density at radius 3 is 2.45 bits per heavy atom. The SMILES string of the molecule is COCCCCNS(=O)(=O)c1c(C)c(C)cc(N)c1C. The number of aryl methyl sites for hydroxylation is 1. The van der Waals surface area contributed by atoms with Crippen LogP contribution in [-0.2, 0) is 14.8 Å². The summed E-state index contributed by atoms with van der Waals surface area (Å²) in [7, 11) is -1.89. The zero-order valence-corrected chi connectivity index (χ0v) is 13.4. The number of ether oxygens (including phenoxy) is 1. The van der Waals surface area contributed by atoms with Crippen molar-refractivity contribution in [1.82, 2.24) is 4.72 Å². The Morgan fingerprint density at radius 1 is 1.20 bits per heavy atom. The summed E-state index contributed by atoms with van der Waals surface area (Å²) in [5.74, 6) is 0. The first-order valence-corrected chi connectivity index (χ1v) is 8.14. The molecule has 6 heteroatoms. The minimum absolute atomic E-state index is 0.307. The van der Waals surface area contributed by atoms with Gasteiger partial charge in [-0.15, -0.1) is 0 Å². The van der Waals surface area contributed by atoms with Gasteiger partial charge >= 0.3 is 0 Å². The number of nitrogens with one attached hydrogen (secondary N) is 1. The van der Waals surface area contributed by atoms with Gasteiger partial charge in [0.25, 0.3) is 0 Å². The van der Waals surface area contributed by atoms with Crippen LogP contribution in [0.2, 0.25) is 0 Å². The van der Waals surface area contributed by atoms with Crippen molar-refractivity contribution in [3.05, 3.63) is 22.8 Å². The molecular weight excluding hydrogens is 276 g/mol. The minimum Gasteiger partial charge on any atom is -0.398 e. The summed E-state index contributed by atoms with van der Waals surface area (Å²) in [5.41, 5.74) is 8.62. The van der Waals surface area contributed by atoms with Gasteiger partial charge < -0.3 is 10.5 Å². The Morgan fingerprint density at radius 2 is 1.85 bits per heavy atom. The molecule has 0 bridgehead atoms. The summed E-state index contributed by atoms with van der Waals surface area (Å²) in [5, 5.41) is 0. The zero-order chi connectivity index (χ0) is 15.3. The zero-order valence-electron chi connectivity index (χ0n) is 12.6. The summed E-state index contributed by atoms with van der Waals surface area (Å²) in [6.07, 6.45) is 1.57. The Bertz CT molecular complexity index is 542. The van der Waals surface area contributed by atoms with Crippen molar-refractivity contribution < 1.29 is 13.2 Å². The number of benzene rings is 1. The molecule has 0 aliphatic carbocycles. The lowest BCUT2D eigenvalue weighted by Crippen LogP contribution is -2.27. The first-order valence-electron chi connectivity index (χ1n) is 6.66. The van der Waals surface area contributed by atoms with E-state index < -0.39 is 10.0 Å². The molecule has 0 unspecified atom stereocenters. The number of hydrogen-bond donors (Lipinski definition) is 2. The lowest BCUT2D eigenvalue weighted by atomic mass is 10.1. The molecule has 0 aliphatic rings. The lowest BCUT2D eigenvalue weighted by Gasteiger charge is -2.15. The molecule has 5 nitrogen and oxygen atoms in total. The summed E-state index contributed by atoms with van der Waals surface area (Å²) in [6.45, 7) is 6.45. The second-order valence-corrected chi connectivity index (χ2v) is 6.66. The molecule has 3 N–H and O–H groups in total. The van der Waals surface area contributed by atoms with Crippen molar-refractivity contribution in [2.75, 3.05) is 26.0 Å². The summed E-state index contributed by atoms with van der Waals surface area (Å²) >= 11 is 0. The molecule has 1 rings (SSSR count). The monoisotopic (exact) mass is 300 g/mol. The maximum absolute atomic E-state index is 12.4. The van der Waals surface area contributed by atoms with Gasteiger partial charge in [0.1, 0.15) is 0 Å². The lowest BCUT2D eigenvalue weighted by molar-refractivity contribution is 0.193. The normalized spacial score (nSPS) is 11.8. The molecular formula is C14H24N2O3S. The largest absolute Gasteiger partial charge is 0.398 e. The molecule has 0 radical (unpaired) electrons. The number of anilines is 1. The summed E-state index contributed by atoms with van der Waals surface area (Å²) in [4.78, 5) is 0.307. The van der Waals surface area contributed by atoms with E-state index in [1.807, 2.05) is 13.0 Å². The molecule has 0 saturated carbocycles. The Labute approximate surface area is 121 Å². The third-order valence-corrected chi connectivity index (χ3v) is 5.15. The predicted octanol–water partition coefficient (Wildman–Crippen LogP) is 1.90. The number of unbranched alkanes of at least 4 members (excludes halogenated alkanes) is 1. The van der Waals surface area contributed by atoms with Crippen molar-refractivity contribution in [3.63, 3.8) is 0 Å². The topological polar surface area (TPSA) is 81.4 Å². The Hall–Kier alpha value is -1.11. The molecule has 1 aromatic rings. The van der Waals surface area contributed by atoms with E-state index in [0.717, 1.165) is 24.0 Å². The third kappa shape index (κ3) is 3.94. The van der Waals surface area contributed by atoms with E-state index in [9.17, 15) is 8.42 Å². The van der Waals surface area contributed by atoms with Gasteiger partial charge in [-0.25, -0.2) is 13.1 Å². The number of nitrogen functional groups attached to an aromatic ring is 1. The van der Waals surface area contributed by atoms with Crippen LogP contribution in [0.4, 0.5) is 5.69 Å². The van der Waals surface area contributed by atoms with Gasteiger partial charge in [-0.2, -0.15) is 0 Å². The van der Waals surface area contributed by atoms with Crippen LogP contribution >= 0.6 is 0 Å². The molecule has 114 valence electrons. The maximum Gasteiger partial charge on any atom is 0.241 e. The second-order valence-electron chi connectivity index (χ2n) is 4.96. The second kappa shape index (κ2) is 7.06. The molecule has 20 heavy (non-hydrogen) atoms. The molecule has 0 heterocycles. The summed E-state index contributed by atoms with van der Waals surface area (Å²) in [6, 6.07) is 1.81. The average Bonchev–Trinajstić information content (AvgIpc) is 2.36. The van der Waals surface area contributed by atoms with Gasteiger partial charge in [0.2, 0.25) is 10.0 Å². The van der Waals surface area contributed by atoms with E-state index in [4.69, 9.17) is 10.5 Å². The predicted molar refractivity (Wildman–Crippen MR) is 81.4 cm³/mol. The van der Waals surface area contributed by atoms with Gasteiger partial charge in [0.15, 0.2) is 0 Å². The van der Waals surface area contributed by atoms with Crippen molar-refractivity contribution in [2.45, 2.75) is 38.5 Å². The van der Waals surface area contributed by atoms with Gasteiger partial charge in [-0.05, 0) is 56.4 Å². The maximum atomic E-state index is 12.4. The van der Waals surface area contributed by atoms with Crippen molar-refractivity contribution in [1.29, 1.82) is 0 Å². The van der Waals surface area contributed by atoms with E-state index in [1.165, 1.54) is 0 Å². The molecule has 0 spiro atoms. The van der Waals surface area contributed by atoms with Crippen molar-refractivity contribution in [2.24, 2.45) is 0 Å². The Balaban J connectivity index is 2.93. The van der Waals surface area contributed by atoms with E-state index in [0.29, 0.717) is 29.3 Å². The highest BCUT2D eigenvalue weighted by atomic mass is 32.2. The third-order valence-electron chi connectivity index (χ3n) is 3.41. The first kappa shape index (κ1) is 16.9. The van der Waals surface area contributed by atoms with E-state index in [-0.39, 0.29) is 0 Å². The van der Waals surface area contributed by atoms with E-state index >= 15 is 0 Å². The van der Waals surface area contributed by atoms with Crippen LogP contribution in [0.15, 0.2) is 11.0 Å². The average molecular weight is 300 g/mol. The van der Waals surface area contributed by atoms with Crippen LogP contribution in [0.1, 0.15) is 29.5 Å². The van der Waals surface area contributed by atoms with Crippen LogP contribution in [0.3, 0.4) is 0 Å². The van der Waals surface area contributed by atoms with Crippen LogP contribution in [0, 0.1) is 20.8 Å². The van der Waals surface area contributed by atoms with Gasteiger partial charge in [-0.3, -0.25) is 0 Å². The van der Waals surface area contributed by atoms with Crippen LogP contribution in [-0.4, -0.2) is 28.7 Å². The number of methoxy groups -OCH3 is 1. The fourth-order valence-electron chi connectivity index (χ4n) is 2.09. The fourth-order valence-corrected chi connectivity index (χ4v) is 3.74. The number of hydrogen-bond acceptors (Lipinski definition) is 4. The first-order chi connectivity index (χ1) is 9.31. The van der Waals surface area contributed by atoms with E-state index in [2.05, 4.69) is 4.72 Å². The Kier molecular flexibility index (Phi) is 5.98. The molecule has 0 saturated heterocycles. The standard InChI is InChI=1S/C14H24N2O3S/c1-10-9-13(15)12(3)14(11(10)2)20(17,18)16-7-5-6-8-19-4/h9,16H,5-8,15H2,1-4H3. The number of rotatable bonds is 7. The molecule has 0 aliphatic heterocycles. The summed E-state index contributed by atoms with van der Waals surface area (Å²) < 4.78 is 32.4. The highest BCUT2D eigenvalue weighted by Gasteiger charge is 2.21. The molecule has 0 atom stereocenters. The minimum atomic E-state index is -3.52. The van der Waals surface area contributed by atoms with Crippen molar-refractivity contribution in [3.8, 4) is 0 Å². The molecule has 0 fully saturated rings. The van der Waals surface area contributed by atoms with Crippen molar-refractivity contribution >= 4 is 15.7 Å². The van der Waals surface area contributed by atoms with Gasteiger partial charge in [0, 0.05) is 25.9 Å². The quantitative estimate of drug-likeness (QED) is 0.595. The number of sulfonamides is 1. The molecule has 0 aromatic heterocycles. The van der Waals surface area contributed by atoms with Gasteiger partial charge in [-0.1, -0.05) is 0 Å². The van der Waals surface area contributed by atoms with Crippen LogP contribution in [0.5, 0.6) is 0 Å². The van der Waals surface area contributed by atoms with E-state index in [1.54, 1.807) is 21.0 Å². The number of nitrogens with two attached hydrogens (primary N) is 1. The molecule has 0 amide bonds. The highest BCUT2D eigenvalue weighted by molar-refractivity contribution is 7.89. The van der Waals surface area contributed by atoms with Gasteiger partial charge in [0.05, 0.1) is 4.90 Å². The highest BCUT2D eigenvalue weighted by Crippen LogP contribution is 2.27. The van der Waals surface area contributed by atoms with Crippen LogP contribution in [0.25, 0.3) is 0 Å².